The molecule has 7 nitrogen and oxygen atoms in total. The molecule has 4 aromatic rings. The van der Waals surface area contributed by atoms with E-state index in [-0.39, 0.29) is 11.4 Å². The van der Waals surface area contributed by atoms with Crippen LogP contribution in [0.25, 0.3) is 16.8 Å². The SMILES string of the molecule is CCOc1cc(/C=C2/SC(=O)N(CC(=O)Nc3c(C)cccc3C)C2=O)cc(Br)c1OCc1cccc2ccccc12. The van der Waals surface area contributed by atoms with Crippen molar-refractivity contribution in [2.45, 2.75) is 27.4 Å². The average Bonchev–Trinajstić information content (AvgIpc) is 3.22. The minimum atomic E-state index is -0.521. The summed E-state index contributed by atoms with van der Waals surface area (Å²) in [5.41, 5.74) is 4.17. The Kier molecular flexibility index (Phi) is 8.99. The summed E-state index contributed by atoms with van der Waals surface area (Å²) in [7, 11) is 0. The molecule has 3 amide bonds. The van der Waals surface area contributed by atoms with Gasteiger partial charge in [-0.15, -0.1) is 0 Å². The fraction of sp³-hybridized carbons (Fsp3) is 0.182. The second-order valence-electron chi connectivity index (χ2n) is 9.77. The third kappa shape index (κ3) is 6.37. The lowest BCUT2D eigenvalue weighted by Gasteiger charge is -2.16. The van der Waals surface area contributed by atoms with Gasteiger partial charge in [-0.1, -0.05) is 60.7 Å². The van der Waals surface area contributed by atoms with Crippen molar-refractivity contribution < 1.29 is 23.9 Å². The summed E-state index contributed by atoms with van der Waals surface area (Å²) < 4.78 is 12.8. The molecule has 1 N–H and O–H groups in total. The molecule has 1 saturated heterocycles. The number of benzene rings is 4. The number of fused-ring (bicyclic) bond motifs is 1. The largest absolute Gasteiger partial charge is 0.490 e. The van der Waals surface area contributed by atoms with Crippen LogP contribution in [0.4, 0.5) is 10.5 Å². The first kappa shape index (κ1) is 29.4. The summed E-state index contributed by atoms with van der Waals surface area (Å²) in [5, 5.41) is 4.58. The van der Waals surface area contributed by atoms with Gasteiger partial charge in [0, 0.05) is 5.69 Å². The fourth-order valence-corrected chi connectivity index (χ4v) is 6.18. The lowest BCUT2D eigenvalue weighted by molar-refractivity contribution is -0.127. The smallest absolute Gasteiger partial charge is 0.294 e. The highest BCUT2D eigenvalue weighted by atomic mass is 79.9. The topological polar surface area (TPSA) is 84.9 Å². The Morgan fingerprint density at radius 3 is 2.45 bits per heavy atom. The molecule has 5 rings (SSSR count). The second-order valence-corrected chi connectivity index (χ2v) is 11.6. The van der Waals surface area contributed by atoms with Crippen LogP contribution < -0.4 is 14.8 Å². The number of aryl methyl sites for hydroxylation is 2. The van der Waals surface area contributed by atoms with Crippen LogP contribution in [0.5, 0.6) is 11.5 Å². The molecule has 1 aliphatic heterocycles. The number of rotatable bonds is 9. The van der Waals surface area contributed by atoms with E-state index in [2.05, 4.69) is 39.4 Å². The van der Waals surface area contributed by atoms with Crippen molar-refractivity contribution in [2.75, 3.05) is 18.5 Å². The van der Waals surface area contributed by atoms with Crippen molar-refractivity contribution in [1.82, 2.24) is 4.90 Å². The van der Waals surface area contributed by atoms with Gasteiger partial charge in [-0.2, -0.15) is 0 Å². The maximum Gasteiger partial charge on any atom is 0.294 e. The van der Waals surface area contributed by atoms with E-state index in [1.807, 2.05) is 69.3 Å². The van der Waals surface area contributed by atoms with E-state index in [0.717, 1.165) is 44.1 Å². The Bertz CT molecular complexity index is 1710. The molecule has 0 aliphatic carbocycles. The Hall–Kier alpha value is -4.08. The molecule has 0 unspecified atom stereocenters. The van der Waals surface area contributed by atoms with Crippen LogP contribution in [0, 0.1) is 13.8 Å². The number of para-hydroxylation sites is 1. The zero-order valence-electron chi connectivity index (χ0n) is 23.4. The average molecular weight is 646 g/mol. The van der Waals surface area contributed by atoms with Crippen molar-refractivity contribution >= 4 is 67.3 Å². The summed E-state index contributed by atoms with van der Waals surface area (Å²) in [6.45, 7) is 6.03. The number of carbonyl (C=O) groups is 3. The van der Waals surface area contributed by atoms with Gasteiger partial charge in [0.1, 0.15) is 13.2 Å². The first-order valence-corrected chi connectivity index (χ1v) is 15.0. The summed E-state index contributed by atoms with van der Waals surface area (Å²) in [6.07, 6.45) is 1.62. The number of hydrogen-bond donors (Lipinski definition) is 1. The van der Waals surface area contributed by atoms with E-state index in [1.54, 1.807) is 12.1 Å². The standard InChI is InChI=1S/C33H29BrN2O5S/c1-4-40-27-16-22(15-26(34)31(27)41-19-24-13-8-12-23-11-5-6-14-25(23)24)17-28-32(38)36(33(39)42-28)18-29(37)35-30-20(2)9-7-10-21(30)3/h5-17H,4,18-19H2,1-3H3,(H,35,37)/b28-17+. The minimum absolute atomic E-state index is 0.221. The molecule has 1 fully saturated rings. The number of carbonyl (C=O) groups excluding carboxylic acids is 3. The van der Waals surface area contributed by atoms with Gasteiger partial charge in [-0.05, 0) is 99.7 Å². The van der Waals surface area contributed by atoms with Gasteiger partial charge < -0.3 is 14.8 Å². The number of anilines is 1. The van der Waals surface area contributed by atoms with Crippen LogP contribution >= 0.6 is 27.7 Å². The number of thioether (sulfide) groups is 1. The Morgan fingerprint density at radius 2 is 1.69 bits per heavy atom. The second kappa shape index (κ2) is 12.8. The predicted molar refractivity (Wildman–Crippen MR) is 171 cm³/mol. The van der Waals surface area contributed by atoms with Crippen LogP contribution in [0.1, 0.15) is 29.2 Å². The summed E-state index contributed by atoms with van der Waals surface area (Å²) in [5.74, 6) is 0.0841. The molecule has 0 radical (unpaired) electrons. The van der Waals surface area contributed by atoms with Gasteiger partial charge in [0.15, 0.2) is 11.5 Å². The first-order chi connectivity index (χ1) is 20.2. The summed E-state index contributed by atoms with van der Waals surface area (Å²) >= 11 is 4.40. The molecular weight excluding hydrogens is 616 g/mol. The van der Waals surface area contributed by atoms with E-state index in [1.165, 1.54) is 0 Å². The number of nitrogens with one attached hydrogen (secondary N) is 1. The van der Waals surface area contributed by atoms with Crippen LogP contribution in [-0.4, -0.2) is 35.1 Å². The van der Waals surface area contributed by atoms with Gasteiger partial charge in [0.05, 0.1) is 16.0 Å². The van der Waals surface area contributed by atoms with Crippen molar-refractivity contribution in [2.24, 2.45) is 0 Å². The maximum absolute atomic E-state index is 13.1. The van der Waals surface area contributed by atoms with Crippen LogP contribution in [0.15, 0.2) is 82.2 Å². The van der Waals surface area contributed by atoms with E-state index in [0.29, 0.717) is 40.4 Å². The molecular formula is C33H29BrN2O5S. The highest BCUT2D eigenvalue weighted by Gasteiger charge is 2.36. The lowest BCUT2D eigenvalue weighted by atomic mass is 10.1. The van der Waals surface area contributed by atoms with Crippen molar-refractivity contribution in [3.8, 4) is 11.5 Å². The van der Waals surface area contributed by atoms with Crippen LogP contribution in [-0.2, 0) is 16.2 Å². The molecule has 4 aromatic carbocycles. The summed E-state index contributed by atoms with van der Waals surface area (Å²) in [4.78, 5) is 39.8. The number of amides is 3. The van der Waals surface area contributed by atoms with E-state index in [4.69, 9.17) is 9.47 Å². The van der Waals surface area contributed by atoms with Gasteiger partial charge >= 0.3 is 0 Å². The number of hydrogen-bond acceptors (Lipinski definition) is 6. The molecule has 42 heavy (non-hydrogen) atoms. The molecule has 0 saturated carbocycles. The number of ether oxygens (including phenoxy) is 2. The molecule has 0 bridgehead atoms. The molecule has 0 aromatic heterocycles. The van der Waals surface area contributed by atoms with E-state index in [9.17, 15) is 14.4 Å². The third-order valence-corrected chi connectivity index (χ3v) is 8.30. The van der Waals surface area contributed by atoms with Crippen molar-refractivity contribution in [1.29, 1.82) is 0 Å². The predicted octanol–water partition coefficient (Wildman–Crippen LogP) is 7.87. The molecule has 214 valence electrons. The minimum Gasteiger partial charge on any atom is -0.490 e. The quantitative estimate of drug-likeness (QED) is 0.187. The number of nitrogens with zero attached hydrogens (tertiary/aromatic N) is 1. The molecule has 1 heterocycles. The monoisotopic (exact) mass is 644 g/mol. The lowest BCUT2D eigenvalue weighted by Crippen LogP contribution is -2.36. The fourth-order valence-electron chi connectivity index (χ4n) is 4.76. The zero-order chi connectivity index (χ0) is 29.8. The van der Waals surface area contributed by atoms with E-state index < -0.39 is 17.1 Å². The van der Waals surface area contributed by atoms with Gasteiger partial charge in [-0.25, -0.2) is 0 Å². The molecule has 0 spiro atoms. The molecule has 0 atom stereocenters. The maximum atomic E-state index is 13.1. The first-order valence-electron chi connectivity index (χ1n) is 13.4. The Labute approximate surface area is 257 Å². The van der Waals surface area contributed by atoms with Gasteiger partial charge in [0.25, 0.3) is 11.1 Å². The normalized spacial score (nSPS) is 14.1. The van der Waals surface area contributed by atoms with Gasteiger partial charge in [-0.3, -0.25) is 19.3 Å². The third-order valence-electron chi connectivity index (χ3n) is 6.80. The van der Waals surface area contributed by atoms with E-state index >= 15 is 0 Å². The highest BCUT2D eigenvalue weighted by Crippen LogP contribution is 2.40. The van der Waals surface area contributed by atoms with Crippen LogP contribution in [0.3, 0.4) is 0 Å². The van der Waals surface area contributed by atoms with Crippen LogP contribution in [0.2, 0.25) is 0 Å². The molecule has 1 aliphatic rings. The molecule has 9 heteroatoms. The van der Waals surface area contributed by atoms with Gasteiger partial charge in [0.2, 0.25) is 5.91 Å². The number of imide groups is 1. The Balaban J connectivity index is 1.33. The highest BCUT2D eigenvalue weighted by molar-refractivity contribution is 9.10. The summed E-state index contributed by atoms with van der Waals surface area (Å²) in [6, 6.07) is 23.5. The van der Waals surface area contributed by atoms with Crippen molar-refractivity contribution in [3.63, 3.8) is 0 Å². The zero-order valence-corrected chi connectivity index (χ0v) is 25.8. The Morgan fingerprint density at radius 1 is 0.976 bits per heavy atom. The van der Waals surface area contributed by atoms with Crippen molar-refractivity contribution in [3.05, 3.63) is 104 Å². The number of halogens is 1.